The van der Waals surface area contributed by atoms with Gasteiger partial charge in [0.15, 0.2) is 5.82 Å². The van der Waals surface area contributed by atoms with Gasteiger partial charge in [-0.05, 0) is 73.3 Å². The molecule has 0 amide bonds. The third kappa shape index (κ3) is 6.02. The largest absolute Gasteiger partial charge is 0.247 e. The molecule has 0 aliphatic heterocycles. The highest BCUT2D eigenvalue weighted by Crippen LogP contribution is 2.45. The average molecular weight is 788 g/mol. The Morgan fingerprint density at radius 2 is 0.823 bits per heavy atom. The summed E-state index contributed by atoms with van der Waals surface area (Å²) < 4.78 is 0. The topological polar surface area (TPSA) is 38.7 Å². The predicted molar refractivity (Wildman–Crippen MR) is 260 cm³/mol. The number of fused-ring (bicyclic) bond motifs is 7. The third-order valence-electron chi connectivity index (χ3n) is 12.2. The monoisotopic (exact) mass is 787 g/mol. The molecular weight excluding hydrogens is 751 g/mol. The Balaban J connectivity index is 1.14. The summed E-state index contributed by atoms with van der Waals surface area (Å²) in [6, 6.07) is 79.9. The van der Waals surface area contributed by atoms with E-state index in [0.29, 0.717) is 5.82 Å². The van der Waals surface area contributed by atoms with Crippen LogP contribution in [0.15, 0.2) is 224 Å². The molecule has 0 saturated carbocycles. The highest BCUT2D eigenvalue weighted by atomic mass is 14.9. The van der Waals surface area contributed by atoms with Crippen molar-refractivity contribution in [3.8, 4) is 67.4 Å². The zero-order valence-electron chi connectivity index (χ0n) is 33.7. The molecule has 0 fully saturated rings. The number of aromatic nitrogens is 3. The molecule has 12 rings (SSSR count). The molecular formula is C59H37N3. The third-order valence-corrected chi connectivity index (χ3v) is 12.2. The van der Waals surface area contributed by atoms with Crippen LogP contribution in [0.1, 0.15) is 0 Å². The van der Waals surface area contributed by atoms with Crippen LogP contribution in [0.4, 0.5) is 0 Å². The molecule has 0 saturated heterocycles. The minimum absolute atomic E-state index is 0.695. The predicted octanol–water partition coefficient (Wildman–Crippen LogP) is 15.6. The Morgan fingerprint density at radius 3 is 1.58 bits per heavy atom. The number of pyridine rings is 1. The summed E-state index contributed by atoms with van der Waals surface area (Å²) in [5.41, 5.74) is 12.2. The second kappa shape index (κ2) is 14.8. The summed E-state index contributed by atoms with van der Waals surface area (Å²) in [7, 11) is 0. The normalized spacial score (nSPS) is 11.5. The molecule has 0 aliphatic rings. The average Bonchev–Trinajstić information content (AvgIpc) is 3.35. The van der Waals surface area contributed by atoms with Gasteiger partial charge in [-0.2, -0.15) is 0 Å². The van der Waals surface area contributed by atoms with Crippen molar-refractivity contribution in [3.63, 3.8) is 0 Å². The molecule has 288 valence electrons. The summed E-state index contributed by atoms with van der Waals surface area (Å²) in [6.07, 6.45) is 0. The molecule has 12 aromatic rings. The zero-order valence-corrected chi connectivity index (χ0v) is 33.7. The van der Waals surface area contributed by atoms with Gasteiger partial charge in [0.1, 0.15) is 0 Å². The molecule has 0 N–H and O–H groups in total. The van der Waals surface area contributed by atoms with Crippen molar-refractivity contribution in [1.29, 1.82) is 0 Å². The fourth-order valence-corrected chi connectivity index (χ4v) is 9.34. The standard InChI is InChI=1S/C59H37N3/c1-3-19-40(20-4-1)57-54(58(41-21-5-2-6-22-41)62-59(61-57)49-31-16-24-39-18-9-10-27-46(39)49)44-26-15-25-43(36-44)51-37-52-55(48-29-12-11-28-47(48)51)50-30-13-14-32-53(50)60-56(52)45-34-33-38-17-7-8-23-42(38)35-45/h1-37H. The van der Waals surface area contributed by atoms with Crippen molar-refractivity contribution in [3.05, 3.63) is 224 Å². The van der Waals surface area contributed by atoms with Gasteiger partial charge >= 0.3 is 0 Å². The van der Waals surface area contributed by atoms with Crippen LogP contribution in [0.3, 0.4) is 0 Å². The lowest BCUT2D eigenvalue weighted by atomic mass is 9.88. The Kier molecular flexibility index (Phi) is 8.50. The van der Waals surface area contributed by atoms with Crippen LogP contribution >= 0.6 is 0 Å². The molecule has 0 radical (unpaired) electrons. The van der Waals surface area contributed by atoms with E-state index in [-0.39, 0.29) is 0 Å². The minimum Gasteiger partial charge on any atom is -0.247 e. The molecule has 2 aromatic heterocycles. The number of hydrogen-bond acceptors (Lipinski definition) is 3. The molecule has 0 spiro atoms. The van der Waals surface area contributed by atoms with Gasteiger partial charge in [0.05, 0.1) is 22.6 Å². The summed E-state index contributed by atoms with van der Waals surface area (Å²) >= 11 is 0. The SMILES string of the molecule is c1ccc(-c2nc(-c3cccc4ccccc34)nc(-c3ccccc3)c2-c2cccc(-c3cc4c(-c5ccc6ccccc6c5)nc5ccccc5c4c4ccccc34)c2)cc1. The molecule has 0 unspecified atom stereocenters. The summed E-state index contributed by atoms with van der Waals surface area (Å²) in [4.78, 5) is 16.4. The second-order valence-corrected chi connectivity index (χ2v) is 15.9. The lowest BCUT2D eigenvalue weighted by molar-refractivity contribution is 1.19. The molecule has 2 heterocycles. The van der Waals surface area contributed by atoms with E-state index < -0.39 is 0 Å². The number of rotatable bonds is 6. The first-order valence-corrected chi connectivity index (χ1v) is 21.1. The van der Waals surface area contributed by atoms with Gasteiger partial charge in [-0.3, -0.25) is 0 Å². The van der Waals surface area contributed by atoms with E-state index in [2.05, 4.69) is 224 Å². The van der Waals surface area contributed by atoms with Gasteiger partial charge in [0.25, 0.3) is 0 Å². The van der Waals surface area contributed by atoms with E-state index in [4.69, 9.17) is 15.0 Å². The van der Waals surface area contributed by atoms with Gasteiger partial charge in [0.2, 0.25) is 0 Å². The van der Waals surface area contributed by atoms with E-state index in [9.17, 15) is 0 Å². The molecule has 0 atom stereocenters. The van der Waals surface area contributed by atoms with Crippen molar-refractivity contribution in [1.82, 2.24) is 15.0 Å². The van der Waals surface area contributed by atoms with Crippen LogP contribution in [0.25, 0.3) is 121 Å². The van der Waals surface area contributed by atoms with E-state index in [1.165, 1.54) is 26.9 Å². The summed E-state index contributed by atoms with van der Waals surface area (Å²) in [6.45, 7) is 0. The lowest BCUT2D eigenvalue weighted by Crippen LogP contribution is -2.01. The maximum absolute atomic E-state index is 5.50. The second-order valence-electron chi connectivity index (χ2n) is 15.9. The molecule has 62 heavy (non-hydrogen) atoms. The van der Waals surface area contributed by atoms with Crippen molar-refractivity contribution in [2.75, 3.05) is 0 Å². The van der Waals surface area contributed by atoms with Gasteiger partial charge in [0, 0.05) is 44.0 Å². The first kappa shape index (κ1) is 35.7. The van der Waals surface area contributed by atoms with Gasteiger partial charge in [-0.1, -0.05) is 200 Å². The van der Waals surface area contributed by atoms with Crippen LogP contribution in [0.5, 0.6) is 0 Å². The van der Waals surface area contributed by atoms with Gasteiger partial charge in [-0.25, -0.2) is 15.0 Å². The Morgan fingerprint density at radius 1 is 0.258 bits per heavy atom. The molecule has 10 aromatic carbocycles. The van der Waals surface area contributed by atoms with E-state index >= 15 is 0 Å². The van der Waals surface area contributed by atoms with Crippen LogP contribution in [0.2, 0.25) is 0 Å². The smallest absolute Gasteiger partial charge is 0.161 e. The fourth-order valence-electron chi connectivity index (χ4n) is 9.34. The maximum atomic E-state index is 5.50. The van der Waals surface area contributed by atoms with Crippen molar-refractivity contribution < 1.29 is 0 Å². The van der Waals surface area contributed by atoms with Crippen LogP contribution in [0, 0.1) is 0 Å². The fraction of sp³-hybridized carbons (Fsp3) is 0. The van der Waals surface area contributed by atoms with E-state index in [1.54, 1.807) is 0 Å². The van der Waals surface area contributed by atoms with Gasteiger partial charge < -0.3 is 0 Å². The first-order valence-electron chi connectivity index (χ1n) is 21.1. The molecule has 0 bridgehead atoms. The van der Waals surface area contributed by atoms with Crippen molar-refractivity contribution in [2.45, 2.75) is 0 Å². The number of hydrogen-bond donors (Lipinski definition) is 0. The Labute approximate surface area is 359 Å². The molecule has 3 nitrogen and oxygen atoms in total. The quantitative estimate of drug-likeness (QED) is 0.158. The first-order chi connectivity index (χ1) is 30.7. The lowest BCUT2D eigenvalue weighted by Gasteiger charge is -2.19. The van der Waals surface area contributed by atoms with Crippen molar-refractivity contribution in [2.24, 2.45) is 0 Å². The Hall–Kier alpha value is -8.27. The van der Waals surface area contributed by atoms with Crippen molar-refractivity contribution >= 4 is 54.0 Å². The Bertz CT molecular complexity index is 3620. The maximum Gasteiger partial charge on any atom is 0.161 e. The number of nitrogens with zero attached hydrogens (tertiary/aromatic N) is 3. The molecule has 3 heteroatoms. The van der Waals surface area contributed by atoms with Crippen LogP contribution in [-0.4, -0.2) is 15.0 Å². The number of para-hydroxylation sites is 1. The summed E-state index contributed by atoms with van der Waals surface area (Å²) in [5.74, 6) is 0.695. The van der Waals surface area contributed by atoms with Crippen LogP contribution < -0.4 is 0 Å². The highest BCUT2D eigenvalue weighted by molar-refractivity contribution is 6.25. The molecule has 0 aliphatic carbocycles. The zero-order chi connectivity index (χ0) is 41.0. The van der Waals surface area contributed by atoms with Crippen LogP contribution in [-0.2, 0) is 0 Å². The van der Waals surface area contributed by atoms with E-state index in [0.717, 1.165) is 88.7 Å². The van der Waals surface area contributed by atoms with E-state index in [1.807, 2.05) is 0 Å². The number of benzene rings is 10. The minimum atomic E-state index is 0.695. The summed E-state index contributed by atoms with van der Waals surface area (Å²) in [5, 5.41) is 10.5. The van der Waals surface area contributed by atoms with Gasteiger partial charge in [-0.15, -0.1) is 0 Å². The highest BCUT2D eigenvalue weighted by Gasteiger charge is 2.23.